The molecule has 0 saturated carbocycles. The van der Waals surface area contributed by atoms with Gasteiger partial charge in [0.15, 0.2) is 5.69 Å². The van der Waals surface area contributed by atoms with Crippen molar-refractivity contribution in [1.29, 1.82) is 0 Å². The van der Waals surface area contributed by atoms with Crippen LogP contribution in [0.1, 0.15) is 26.4 Å². The number of hydrogen-bond acceptors (Lipinski definition) is 3. The van der Waals surface area contributed by atoms with Crippen molar-refractivity contribution in [3.63, 3.8) is 0 Å². The molecule has 0 saturated heterocycles. The minimum atomic E-state index is -1.15. The number of imidazole rings is 1. The van der Waals surface area contributed by atoms with Gasteiger partial charge in [-0.05, 0) is 24.6 Å². The van der Waals surface area contributed by atoms with Crippen LogP contribution in [0, 0.1) is 6.92 Å². The Morgan fingerprint density at radius 1 is 1.05 bits per heavy atom. The Morgan fingerprint density at radius 2 is 1.77 bits per heavy atom. The van der Waals surface area contributed by atoms with Gasteiger partial charge in [0.1, 0.15) is 5.82 Å². The van der Waals surface area contributed by atoms with E-state index < -0.39 is 11.9 Å². The van der Waals surface area contributed by atoms with Gasteiger partial charge in [-0.25, -0.2) is 14.6 Å². The smallest absolute Gasteiger partial charge is 0.356 e. The van der Waals surface area contributed by atoms with Gasteiger partial charge in [0.2, 0.25) is 0 Å². The molecule has 2 N–H and O–H groups in total. The fourth-order valence-electron chi connectivity index (χ4n) is 2.38. The molecule has 0 radical (unpaired) electrons. The van der Waals surface area contributed by atoms with Crippen molar-refractivity contribution in [2.24, 2.45) is 0 Å². The van der Waals surface area contributed by atoms with Gasteiger partial charge in [0, 0.05) is 11.8 Å². The molecule has 1 aromatic carbocycles. The molecule has 22 heavy (non-hydrogen) atoms. The molecule has 0 unspecified atom stereocenters. The number of aromatic carboxylic acids is 2. The van der Waals surface area contributed by atoms with E-state index in [1.54, 1.807) is 0 Å². The minimum absolute atomic E-state index is 0.0664. The highest BCUT2D eigenvalue weighted by Crippen LogP contribution is 2.26. The Labute approximate surface area is 125 Å². The number of pyridine rings is 1. The van der Waals surface area contributed by atoms with Crippen LogP contribution in [-0.4, -0.2) is 31.5 Å². The third-order valence-corrected chi connectivity index (χ3v) is 3.47. The van der Waals surface area contributed by atoms with E-state index in [-0.39, 0.29) is 11.3 Å². The molecule has 0 bridgehead atoms. The lowest BCUT2D eigenvalue weighted by atomic mass is 10.1. The van der Waals surface area contributed by atoms with E-state index in [9.17, 15) is 14.7 Å². The van der Waals surface area contributed by atoms with Crippen LogP contribution in [0.15, 0.2) is 42.6 Å². The van der Waals surface area contributed by atoms with Gasteiger partial charge >= 0.3 is 11.9 Å². The number of carboxylic acids is 2. The first-order valence-electron chi connectivity index (χ1n) is 6.53. The lowest BCUT2D eigenvalue weighted by molar-refractivity contribution is 0.0685. The Hall–Kier alpha value is -3.15. The summed E-state index contributed by atoms with van der Waals surface area (Å²) in [6.07, 6.45) is 1.39. The molecule has 0 aliphatic heterocycles. The first kappa shape index (κ1) is 13.8. The molecular formula is C16H12N2O4. The van der Waals surface area contributed by atoms with Gasteiger partial charge < -0.3 is 10.2 Å². The van der Waals surface area contributed by atoms with Crippen LogP contribution >= 0.6 is 0 Å². The third kappa shape index (κ3) is 2.10. The number of benzene rings is 1. The normalized spacial score (nSPS) is 10.8. The van der Waals surface area contributed by atoms with Crippen molar-refractivity contribution in [1.82, 2.24) is 9.38 Å². The molecule has 0 aliphatic carbocycles. The number of carboxylic acid groups (broad SMARTS) is 2. The average molecular weight is 296 g/mol. The van der Waals surface area contributed by atoms with Crippen LogP contribution in [0.5, 0.6) is 0 Å². The summed E-state index contributed by atoms with van der Waals surface area (Å²) in [6, 6.07) is 10.2. The van der Waals surface area contributed by atoms with Crippen molar-refractivity contribution in [2.75, 3.05) is 0 Å². The van der Waals surface area contributed by atoms with Crippen LogP contribution in [0.25, 0.3) is 16.9 Å². The van der Waals surface area contributed by atoms with Crippen molar-refractivity contribution >= 4 is 17.5 Å². The molecule has 2 heterocycles. The van der Waals surface area contributed by atoms with E-state index in [0.29, 0.717) is 11.3 Å². The molecule has 6 nitrogen and oxygen atoms in total. The van der Waals surface area contributed by atoms with E-state index >= 15 is 0 Å². The maximum Gasteiger partial charge on any atom is 0.356 e. The summed E-state index contributed by atoms with van der Waals surface area (Å²) in [5.41, 5.74) is 2.00. The number of carbonyl (C=O) groups is 2. The molecule has 3 aromatic rings. The first-order valence-corrected chi connectivity index (χ1v) is 6.53. The monoisotopic (exact) mass is 296 g/mol. The topological polar surface area (TPSA) is 91.9 Å². The van der Waals surface area contributed by atoms with Crippen LogP contribution in [0.2, 0.25) is 0 Å². The SMILES string of the molecule is Cc1ccccc1-c1nc(C(=O)O)c2ccc(C(=O)O)cn12. The lowest BCUT2D eigenvalue weighted by Crippen LogP contribution is -2.01. The molecule has 0 atom stereocenters. The molecule has 0 aliphatic rings. The van der Waals surface area contributed by atoms with Crippen LogP contribution < -0.4 is 0 Å². The molecule has 6 heteroatoms. The number of aryl methyl sites for hydroxylation is 1. The zero-order valence-corrected chi connectivity index (χ0v) is 11.6. The first-order chi connectivity index (χ1) is 10.5. The van der Waals surface area contributed by atoms with E-state index in [4.69, 9.17) is 5.11 Å². The number of rotatable bonds is 3. The second-order valence-corrected chi connectivity index (χ2v) is 4.88. The maximum absolute atomic E-state index is 11.4. The molecule has 3 rings (SSSR count). The highest BCUT2D eigenvalue weighted by atomic mass is 16.4. The summed E-state index contributed by atoms with van der Waals surface area (Å²) in [7, 11) is 0. The van der Waals surface area contributed by atoms with Crippen molar-refractivity contribution in [2.45, 2.75) is 6.92 Å². The summed E-state index contributed by atoms with van der Waals surface area (Å²) in [5, 5.41) is 18.4. The molecular weight excluding hydrogens is 284 g/mol. The Bertz CT molecular complexity index is 912. The number of fused-ring (bicyclic) bond motifs is 1. The molecule has 2 aromatic heterocycles. The van der Waals surface area contributed by atoms with E-state index in [1.165, 1.54) is 22.7 Å². The summed E-state index contributed by atoms with van der Waals surface area (Å²) >= 11 is 0. The summed E-state index contributed by atoms with van der Waals surface area (Å²) in [6.45, 7) is 1.89. The van der Waals surface area contributed by atoms with Gasteiger partial charge in [-0.2, -0.15) is 0 Å². The summed E-state index contributed by atoms with van der Waals surface area (Å²) in [4.78, 5) is 26.7. The summed E-state index contributed by atoms with van der Waals surface area (Å²) < 4.78 is 1.51. The highest BCUT2D eigenvalue weighted by Gasteiger charge is 2.19. The Balaban J connectivity index is 2.38. The van der Waals surface area contributed by atoms with Crippen LogP contribution in [0.4, 0.5) is 0 Å². The van der Waals surface area contributed by atoms with Crippen molar-refractivity contribution in [3.8, 4) is 11.4 Å². The molecule has 0 spiro atoms. The predicted molar refractivity (Wildman–Crippen MR) is 79.3 cm³/mol. The third-order valence-electron chi connectivity index (χ3n) is 3.47. The van der Waals surface area contributed by atoms with Crippen molar-refractivity contribution < 1.29 is 19.8 Å². The van der Waals surface area contributed by atoms with Crippen LogP contribution in [0.3, 0.4) is 0 Å². The number of aromatic nitrogens is 2. The Morgan fingerprint density at radius 3 is 2.41 bits per heavy atom. The van der Waals surface area contributed by atoms with Gasteiger partial charge in [-0.3, -0.25) is 4.40 Å². The van der Waals surface area contributed by atoms with Gasteiger partial charge in [-0.15, -0.1) is 0 Å². The van der Waals surface area contributed by atoms with E-state index in [1.807, 2.05) is 31.2 Å². The van der Waals surface area contributed by atoms with E-state index in [2.05, 4.69) is 4.98 Å². The quantitative estimate of drug-likeness (QED) is 0.775. The van der Waals surface area contributed by atoms with Gasteiger partial charge in [-0.1, -0.05) is 24.3 Å². The fraction of sp³-hybridized carbons (Fsp3) is 0.0625. The predicted octanol–water partition coefficient (Wildman–Crippen LogP) is 2.71. The van der Waals surface area contributed by atoms with Gasteiger partial charge in [0.25, 0.3) is 0 Å². The second kappa shape index (κ2) is 5.00. The summed E-state index contributed by atoms with van der Waals surface area (Å²) in [5.74, 6) is -1.82. The van der Waals surface area contributed by atoms with Crippen molar-refractivity contribution in [3.05, 3.63) is 59.4 Å². The molecule has 0 fully saturated rings. The second-order valence-electron chi connectivity index (χ2n) is 4.88. The maximum atomic E-state index is 11.4. The van der Waals surface area contributed by atoms with E-state index in [0.717, 1.165) is 11.1 Å². The fourth-order valence-corrected chi connectivity index (χ4v) is 2.38. The number of nitrogens with zero attached hydrogens (tertiary/aromatic N) is 2. The van der Waals surface area contributed by atoms with Gasteiger partial charge in [0.05, 0.1) is 11.1 Å². The largest absolute Gasteiger partial charge is 0.478 e. The van der Waals surface area contributed by atoms with Crippen LogP contribution in [-0.2, 0) is 0 Å². The zero-order chi connectivity index (χ0) is 15.9. The highest BCUT2D eigenvalue weighted by molar-refractivity contribution is 5.96. The molecule has 110 valence electrons. The Kier molecular flexibility index (Phi) is 3.14. The lowest BCUT2D eigenvalue weighted by Gasteiger charge is -2.05. The average Bonchev–Trinajstić information content (AvgIpc) is 2.86. The molecule has 0 amide bonds. The minimum Gasteiger partial charge on any atom is -0.478 e. The standard InChI is InChI=1S/C16H12N2O4/c1-9-4-2-3-5-11(9)14-17-13(16(21)22)12-7-6-10(15(19)20)8-18(12)14/h2-8H,1H3,(H,19,20)(H,21,22). The zero-order valence-electron chi connectivity index (χ0n) is 11.6. The number of hydrogen-bond donors (Lipinski definition) is 2.